The van der Waals surface area contributed by atoms with Crippen LogP contribution < -0.4 is 5.32 Å². The summed E-state index contributed by atoms with van der Waals surface area (Å²) in [7, 11) is 0. The van der Waals surface area contributed by atoms with Crippen LogP contribution in [0.5, 0.6) is 0 Å². The van der Waals surface area contributed by atoms with Crippen molar-refractivity contribution in [2.75, 3.05) is 5.32 Å². The predicted octanol–water partition coefficient (Wildman–Crippen LogP) is 4.46. The van der Waals surface area contributed by atoms with Crippen molar-refractivity contribution >= 4 is 29.8 Å². The van der Waals surface area contributed by atoms with E-state index >= 15 is 0 Å². The van der Waals surface area contributed by atoms with Crippen LogP contribution in [0.2, 0.25) is 0 Å². The van der Waals surface area contributed by atoms with Gasteiger partial charge in [0.1, 0.15) is 5.25 Å². The highest BCUT2D eigenvalue weighted by Gasteiger charge is 2.18. The van der Waals surface area contributed by atoms with Crippen LogP contribution in [-0.2, 0) is 4.79 Å². The number of hydrogen-bond acceptors (Lipinski definition) is 3. The van der Waals surface area contributed by atoms with Gasteiger partial charge in [0.25, 0.3) is 0 Å². The zero-order chi connectivity index (χ0) is 15.1. The van der Waals surface area contributed by atoms with Crippen LogP contribution in [0.4, 0.5) is 5.69 Å². The Labute approximate surface area is 126 Å². The smallest absolute Gasteiger partial charge is 0.239 e. The molecule has 0 fully saturated rings. The quantitative estimate of drug-likeness (QED) is 0.621. The molecule has 110 valence electrons. The van der Waals surface area contributed by atoms with Gasteiger partial charge in [-0.25, -0.2) is 4.40 Å². The second-order valence-corrected chi connectivity index (χ2v) is 5.95. The predicted molar refractivity (Wildman–Crippen MR) is 89.7 cm³/mol. The molecule has 1 rings (SSSR count). The van der Waals surface area contributed by atoms with E-state index in [9.17, 15) is 4.79 Å². The molecule has 0 spiro atoms. The molecule has 20 heavy (non-hydrogen) atoms. The summed E-state index contributed by atoms with van der Waals surface area (Å²) in [5.41, 5.74) is 4.35. The molecule has 0 saturated heterocycles. The SMILES string of the molecule is CC/C=N/SC(CC)C(=O)Nc1c(C)cc(C)cc1C. The van der Waals surface area contributed by atoms with Crippen LogP contribution in [0.25, 0.3) is 0 Å². The molecule has 0 saturated carbocycles. The lowest BCUT2D eigenvalue weighted by molar-refractivity contribution is -0.115. The summed E-state index contributed by atoms with van der Waals surface area (Å²) in [5.74, 6) is 0.0285. The molecule has 0 aliphatic rings. The number of nitrogens with one attached hydrogen (secondary N) is 1. The number of amides is 1. The maximum absolute atomic E-state index is 12.3. The third-order valence-corrected chi connectivity index (χ3v) is 4.11. The molecule has 1 N–H and O–H groups in total. The third-order valence-electron chi connectivity index (χ3n) is 3.03. The molecule has 4 heteroatoms. The Hall–Kier alpha value is -1.29. The number of nitrogens with zero attached hydrogens (tertiary/aromatic N) is 1. The molecule has 1 unspecified atom stereocenters. The molecule has 1 aromatic rings. The molecule has 0 aromatic heterocycles. The van der Waals surface area contributed by atoms with Gasteiger partial charge in [-0.1, -0.05) is 31.5 Å². The largest absolute Gasteiger partial charge is 0.325 e. The molecule has 3 nitrogen and oxygen atoms in total. The summed E-state index contributed by atoms with van der Waals surface area (Å²) in [6.45, 7) is 10.2. The molecule has 0 aliphatic heterocycles. The fourth-order valence-corrected chi connectivity index (χ4v) is 2.77. The highest BCUT2D eigenvalue weighted by molar-refractivity contribution is 7.99. The molecule has 0 bridgehead atoms. The second-order valence-electron chi connectivity index (χ2n) is 4.96. The van der Waals surface area contributed by atoms with E-state index in [0.717, 1.165) is 29.7 Å². The average molecular weight is 292 g/mol. The Balaban J connectivity index is 2.81. The van der Waals surface area contributed by atoms with Gasteiger partial charge in [0.2, 0.25) is 5.91 Å². The first kappa shape index (κ1) is 16.8. The van der Waals surface area contributed by atoms with Crippen molar-refractivity contribution in [2.45, 2.75) is 52.7 Å². The maximum Gasteiger partial charge on any atom is 0.239 e. The zero-order valence-corrected chi connectivity index (χ0v) is 13.8. The van der Waals surface area contributed by atoms with Crippen molar-refractivity contribution in [1.29, 1.82) is 0 Å². The number of hydrogen-bond donors (Lipinski definition) is 1. The summed E-state index contributed by atoms with van der Waals surface area (Å²) >= 11 is 1.35. The fraction of sp³-hybridized carbons (Fsp3) is 0.500. The van der Waals surface area contributed by atoms with E-state index < -0.39 is 0 Å². The number of benzene rings is 1. The molecular formula is C16H24N2OS. The van der Waals surface area contributed by atoms with E-state index in [0.29, 0.717) is 0 Å². The Morgan fingerprint density at radius 1 is 1.30 bits per heavy atom. The highest BCUT2D eigenvalue weighted by atomic mass is 32.2. The number of carbonyl (C=O) groups is 1. The first-order valence-corrected chi connectivity index (χ1v) is 7.89. The monoisotopic (exact) mass is 292 g/mol. The van der Waals surface area contributed by atoms with E-state index in [1.54, 1.807) is 0 Å². The Morgan fingerprint density at radius 2 is 1.90 bits per heavy atom. The van der Waals surface area contributed by atoms with Crippen molar-refractivity contribution in [3.8, 4) is 0 Å². The van der Waals surface area contributed by atoms with Gasteiger partial charge in [0, 0.05) is 11.9 Å². The van der Waals surface area contributed by atoms with Crippen molar-refractivity contribution in [3.05, 3.63) is 28.8 Å². The van der Waals surface area contributed by atoms with Crippen LogP contribution in [0.1, 0.15) is 43.4 Å². The van der Waals surface area contributed by atoms with Crippen molar-refractivity contribution in [1.82, 2.24) is 0 Å². The van der Waals surface area contributed by atoms with Crippen molar-refractivity contribution in [2.24, 2.45) is 4.40 Å². The topological polar surface area (TPSA) is 41.5 Å². The van der Waals surface area contributed by atoms with E-state index in [1.165, 1.54) is 17.5 Å². The van der Waals surface area contributed by atoms with Crippen LogP contribution >= 0.6 is 11.9 Å². The molecule has 1 aromatic carbocycles. The van der Waals surface area contributed by atoms with Crippen LogP contribution in [0.3, 0.4) is 0 Å². The van der Waals surface area contributed by atoms with Gasteiger partial charge in [-0.2, -0.15) is 0 Å². The number of anilines is 1. The van der Waals surface area contributed by atoms with Gasteiger partial charge in [0.05, 0.1) is 0 Å². The Morgan fingerprint density at radius 3 is 2.40 bits per heavy atom. The minimum absolute atomic E-state index is 0.0285. The van der Waals surface area contributed by atoms with Gasteiger partial charge in [-0.15, -0.1) is 0 Å². The fourth-order valence-electron chi connectivity index (χ4n) is 2.08. The summed E-state index contributed by atoms with van der Waals surface area (Å²) < 4.78 is 4.21. The lowest BCUT2D eigenvalue weighted by Crippen LogP contribution is -2.25. The first-order valence-electron chi connectivity index (χ1n) is 7.05. The standard InChI is InChI=1S/C16H24N2OS/c1-6-8-17-20-14(7-2)16(19)18-15-12(4)9-11(3)10-13(15)5/h8-10,14H,6-7H2,1-5H3,(H,18,19)/b17-8+. The lowest BCUT2D eigenvalue weighted by atomic mass is 10.0. The first-order chi connectivity index (χ1) is 9.49. The molecular weight excluding hydrogens is 268 g/mol. The third kappa shape index (κ3) is 4.67. The van der Waals surface area contributed by atoms with Crippen LogP contribution in [0.15, 0.2) is 16.5 Å². The number of rotatable bonds is 6. The van der Waals surface area contributed by atoms with Gasteiger partial charge in [0.15, 0.2) is 0 Å². The minimum atomic E-state index is -0.141. The normalized spacial score (nSPS) is 12.7. The van der Waals surface area contributed by atoms with Crippen molar-refractivity contribution in [3.63, 3.8) is 0 Å². The van der Waals surface area contributed by atoms with E-state index in [4.69, 9.17) is 0 Å². The Kier molecular flexibility index (Phi) is 6.79. The molecule has 0 aliphatic carbocycles. The zero-order valence-electron chi connectivity index (χ0n) is 13.0. The number of carbonyl (C=O) groups excluding carboxylic acids is 1. The van der Waals surface area contributed by atoms with Gasteiger partial charge in [-0.05, 0) is 56.7 Å². The van der Waals surface area contributed by atoms with Crippen LogP contribution in [-0.4, -0.2) is 17.4 Å². The number of aryl methyl sites for hydroxylation is 3. The molecule has 1 atom stereocenters. The van der Waals surface area contributed by atoms with E-state index in [2.05, 4.69) is 28.8 Å². The molecule has 0 heterocycles. The van der Waals surface area contributed by atoms with E-state index in [1.807, 2.05) is 33.9 Å². The van der Waals surface area contributed by atoms with Gasteiger partial charge < -0.3 is 5.32 Å². The minimum Gasteiger partial charge on any atom is -0.325 e. The summed E-state index contributed by atoms with van der Waals surface area (Å²) in [4.78, 5) is 12.3. The van der Waals surface area contributed by atoms with Crippen LogP contribution in [0, 0.1) is 20.8 Å². The summed E-state index contributed by atoms with van der Waals surface area (Å²) in [6.07, 6.45) is 3.49. The molecule has 0 radical (unpaired) electrons. The van der Waals surface area contributed by atoms with Crippen molar-refractivity contribution < 1.29 is 4.79 Å². The van der Waals surface area contributed by atoms with E-state index in [-0.39, 0.29) is 11.2 Å². The highest BCUT2D eigenvalue weighted by Crippen LogP contribution is 2.24. The van der Waals surface area contributed by atoms with Gasteiger partial charge in [-0.3, -0.25) is 4.79 Å². The average Bonchev–Trinajstić information content (AvgIpc) is 2.38. The maximum atomic E-state index is 12.3. The Bertz CT molecular complexity index is 474. The summed E-state index contributed by atoms with van der Waals surface area (Å²) in [5, 5.41) is 2.91. The lowest BCUT2D eigenvalue weighted by Gasteiger charge is -2.16. The van der Waals surface area contributed by atoms with Gasteiger partial charge >= 0.3 is 0 Å². The summed E-state index contributed by atoms with van der Waals surface area (Å²) in [6, 6.07) is 4.18. The molecule has 1 amide bonds. The second kappa shape index (κ2) is 8.10.